The average Bonchev–Trinajstić information content (AvgIpc) is 2.83. The molecule has 1 aromatic heterocycles. The molecule has 0 unspecified atom stereocenters. The Balaban J connectivity index is 2.01. The maximum absolute atomic E-state index is 11.2. The van der Waals surface area contributed by atoms with Gasteiger partial charge in [-0.1, -0.05) is 6.07 Å². The van der Waals surface area contributed by atoms with Crippen LogP contribution in [0.25, 0.3) is 10.9 Å². The molecule has 1 aliphatic heterocycles. The number of fused-ring (bicyclic) bond motifs is 1. The van der Waals surface area contributed by atoms with E-state index in [-0.39, 0.29) is 5.75 Å². The van der Waals surface area contributed by atoms with Gasteiger partial charge in [-0.05, 0) is 56.6 Å². The van der Waals surface area contributed by atoms with Gasteiger partial charge in [-0.25, -0.2) is 4.57 Å². The maximum Gasteiger partial charge on any atom is 0.524 e. The van der Waals surface area contributed by atoms with Gasteiger partial charge >= 0.3 is 7.82 Å². The number of hydrogen-bond donors (Lipinski definition) is 3. The van der Waals surface area contributed by atoms with Crippen LogP contribution in [0.5, 0.6) is 5.75 Å². The summed E-state index contributed by atoms with van der Waals surface area (Å²) in [4.78, 5) is 23.6. The lowest BCUT2D eigenvalue weighted by molar-refractivity contribution is 0.256. The first-order valence-corrected chi connectivity index (χ1v) is 8.51. The quantitative estimate of drug-likeness (QED) is 0.758. The summed E-state index contributed by atoms with van der Waals surface area (Å²) in [5.41, 5.74) is 1.93. The van der Waals surface area contributed by atoms with Gasteiger partial charge in [0.15, 0.2) is 0 Å². The van der Waals surface area contributed by atoms with Crippen LogP contribution in [0.15, 0.2) is 24.4 Å². The molecule has 0 radical (unpaired) electrons. The van der Waals surface area contributed by atoms with Crippen LogP contribution in [0.2, 0.25) is 0 Å². The highest BCUT2D eigenvalue weighted by molar-refractivity contribution is 7.46. The zero-order valence-electron chi connectivity index (χ0n) is 11.8. The number of benzene rings is 1. The van der Waals surface area contributed by atoms with Gasteiger partial charge in [0, 0.05) is 17.1 Å². The third kappa shape index (κ3) is 3.14. The lowest BCUT2D eigenvalue weighted by Crippen LogP contribution is -2.29. The molecular weight excluding hydrogens is 291 g/mol. The van der Waals surface area contributed by atoms with Crippen molar-refractivity contribution in [2.45, 2.75) is 18.8 Å². The zero-order chi connectivity index (χ0) is 15.0. The summed E-state index contributed by atoms with van der Waals surface area (Å²) < 4.78 is 16.0. The molecule has 21 heavy (non-hydrogen) atoms. The molecule has 3 rings (SSSR count). The molecule has 6 nitrogen and oxygen atoms in total. The minimum Gasteiger partial charge on any atom is -0.404 e. The van der Waals surface area contributed by atoms with Crippen molar-refractivity contribution in [2.75, 3.05) is 20.1 Å². The van der Waals surface area contributed by atoms with Crippen molar-refractivity contribution in [1.29, 1.82) is 0 Å². The third-order valence-electron chi connectivity index (χ3n) is 4.07. The number of aromatic amines is 1. The minimum atomic E-state index is -4.56. The molecule has 2 aromatic rings. The number of phosphoric acid groups is 1. The molecule has 0 spiro atoms. The van der Waals surface area contributed by atoms with Gasteiger partial charge in [0.2, 0.25) is 0 Å². The topological polar surface area (TPSA) is 85.8 Å². The van der Waals surface area contributed by atoms with Crippen molar-refractivity contribution < 1.29 is 18.9 Å². The Morgan fingerprint density at radius 3 is 2.71 bits per heavy atom. The zero-order valence-corrected chi connectivity index (χ0v) is 12.7. The van der Waals surface area contributed by atoms with Crippen LogP contribution in [0, 0.1) is 0 Å². The lowest BCUT2D eigenvalue weighted by atomic mass is 9.89. The number of nitrogens with zero attached hydrogens (tertiary/aromatic N) is 1. The number of piperidine rings is 1. The standard InChI is InChI=1S/C14H19N2O4P/c1-16-7-5-10(6-8-16)11-9-15-12-3-2-4-13(14(11)12)20-21(17,18)19/h2-4,9-10,15H,5-8H2,1H3,(H2,17,18,19). The van der Waals surface area contributed by atoms with Crippen LogP contribution in [-0.2, 0) is 4.57 Å². The van der Waals surface area contributed by atoms with Crippen molar-refractivity contribution in [3.8, 4) is 5.75 Å². The molecule has 0 aliphatic carbocycles. The van der Waals surface area contributed by atoms with Crippen molar-refractivity contribution >= 4 is 18.7 Å². The summed E-state index contributed by atoms with van der Waals surface area (Å²) in [6.45, 7) is 2.05. The SMILES string of the molecule is CN1CCC(c2c[nH]c3cccc(OP(=O)(O)O)c23)CC1. The van der Waals surface area contributed by atoms with Gasteiger partial charge in [0.05, 0.1) is 0 Å². The van der Waals surface area contributed by atoms with Gasteiger partial charge in [0.25, 0.3) is 0 Å². The average molecular weight is 310 g/mol. The van der Waals surface area contributed by atoms with Crippen LogP contribution in [0.4, 0.5) is 0 Å². The van der Waals surface area contributed by atoms with Crippen LogP contribution < -0.4 is 4.52 Å². The number of hydrogen-bond acceptors (Lipinski definition) is 3. The van der Waals surface area contributed by atoms with E-state index in [0.29, 0.717) is 5.92 Å². The van der Waals surface area contributed by atoms with Crippen molar-refractivity contribution in [3.05, 3.63) is 30.0 Å². The van der Waals surface area contributed by atoms with E-state index in [0.717, 1.165) is 42.4 Å². The molecule has 114 valence electrons. The molecule has 0 saturated carbocycles. The van der Waals surface area contributed by atoms with Crippen LogP contribution in [0.1, 0.15) is 24.3 Å². The Labute approximate surface area is 123 Å². The molecule has 0 amide bonds. The Bertz CT molecular complexity index is 685. The fraction of sp³-hybridized carbons (Fsp3) is 0.429. The summed E-state index contributed by atoms with van der Waals surface area (Å²) in [5.74, 6) is 0.632. The molecule has 1 saturated heterocycles. The Morgan fingerprint density at radius 1 is 1.33 bits per heavy atom. The highest BCUT2D eigenvalue weighted by Crippen LogP contribution is 2.44. The monoisotopic (exact) mass is 310 g/mol. The fourth-order valence-corrected chi connectivity index (χ4v) is 3.43. The van der Waals surface area contributed by atoms with Crippen molar-refractivity contribution in [1.82, 2.24) is 9.88 Å². The highest BCUT2D eigenvalue weighted by Gasteiger charge is 2.25. The molecule has 1 fully saturated rings. The highest BCUT2D eigenvalue weighted by atomic mass is 31.2. The van der Waals surface area contributed by atoms with E-state index in [1.807, 2.05) is 12.3 Å². The molecule has 3 N–H and O–H groups in total. The normalized spacial score (nSPS) is 18.2. The Hall–Kier alpha value is -1.33. The van der Waals surface area contributed by atoms with Crippen molar-refractivity contribution in [3.63, 3.8) is 0 Å². The first-order chi connectivity index (χ1) is 9.94. The predicted molar refractivity (Wildman–Crippen MR) is 80.4 cm³/mol. The second-order valence-corrected chi connectivity index (χ2v) is 6.75. The van der Waals surface area contributed by atoms with Crippen LogP contribution in [0.3, 0.4) is 0 Å². The molecule has 2 heterocycles. The maximum atomic E-state index is 11.2. The number of aromatic nitrogens is 1. The number of nitrogens with one attached hydrogen (secondary N) is 1. The number of phosphoric ester groups is 1. The molecule has 7 heteroatoms. The van der Waals surface area contributed by atoms with Gasteiger partial charge in [-0.3, -0.25) is 9.79 Å². The Morgan fingerprint density at radius 2 is 2.05 bits per heavy atom. The van der Waals surface area contributed by atoms with E-state index in [1.165, 1.54) is 0 Å². The molecule has 1 aromatic carbocycles. The van der Waals surface area contributed by atoms with Gasteiger partial charge in [0.1, 0.15) is 5.75 Å². The number of H-pyrrole nitrogens is 1. The van der Waals surface area contributed by atoms with E-state index in [9.17, 15) is 4.57 Å². The molecule has 0 bridgehead atoms. The van der Waals surface area contributed by atoms with Gasteiger partial charge < -0.3 is 14.4 Å². The van der Waals surface area contributed by atoms with Gasteiger partial charge in [-0.2, -0.15) is 0 Å². The van der Waals surface area contributed by atoms with E-state index < -0.39 is 7.82 Å². The third-order valence-corrected chi connectivity index (χ3v) is 4.51. The summed E-state index contributed by atoms with van der Waals surface area (Å²) >= 11 is 0. The summed E-state index contributed by atoms with van der Waals surface area (Å²) in [6.07, 6.45) is 4.01. The number of likely N-dealkylation sites (tertiary alicyclic amines) is 1. The van der Waals surface area contributed by atoms with Crippen molar-refractivity contribution in [2.24, 2.45) is 0 Å². The van der Waals surface area contributed by atoms with Crippen LogP contribution >= 0.6 is 7.82 Å². The molecule has 0 atom stereocenters. The van der Waals surface area contributed by atoms with E-state index in [1.54, 1.807) is 12.1 Å². The smallest absolute Gasteiger partial charge is 0.404 e. The van der Waals surface area contributed by atoms with E-state index in [4.69, 9.17) is 14.3 Å². The fourth-order valence-electron chi connectivity index (χ4n) is 3.02. The van der Waals surface area contributed by atoms with E-state index >= 15 is 0 Å². The second-order valence-electron chi connectivity index (χ2n) is 5.58. The summed E-state index contributed by atoms with van der Waals surface area (Å²) in [7, 11) is -2.45. The summed E-state index contributed by atoms with van der Waals surface area (Å²) in [5, 5.41) is 0.787. The lowest BCUT2D eigenvalue weighted by Gasteiger charge is -2.29. The molecule has 1 aliphatic rings. The molecular formula is C14H19N2O4P. The van der Waals surface area contributed by atoms with E-state index in [2.05, 4.69) is 16.9 Å². The first kappa shape index (κ1) is 14.6. The predicted octanol–water partition coefficient (Wildman–Crippen LogP) is 2.45. The minimum absolute atomic E-state index is 0.246. The largest absolute Gasteiger partial charge is 0.524 e. The Kier molecular flexibility index (Phi) is 3.80. The summed E-state index contributed by atoms with van der Waals surface area (Å²) in [6, 6.07) is 5.22. The second kappa shape index (κ2) is 5.46. The van der Waals surface area contributed by atoms with Crippen LogP contribution in [-0.4, -0.2) is 39.8 Å². The van der Waals surface area contributed by atoms with Gasteiger partial charge in [-0.15, -0.1) is 0 Å². The number of rotatable bonds is 3. The first-order valence-electron chi connectivity index (χ1n) is 6.98.